The summed E-state index contributed by atoms with van der Waals surface area (Å²) in [5.74, 6) is 4.04. The number of hydrogen-bond acceptors (Lipinski definition) is 3. The van der Waals surface area contributed by atoms with Crippen molar-refractivity contribution in [2.75, 3.05) is 5.75 Å². The van der Waals surface area contributed by atoms with Crippen LogP contribution in [-0.2, 0) is 12.2 Å². The molecule has 2 N–H and O–H groups in total. The Morgan fingerprint density at radius 2 is 2.15 bits per heavy atom. The first kappa shape index (κ1) is 10.7. The second kappa shape index (κ2) is 5.35. The highest BCUT2D eigenvalue weighted by Gasteiger charge is 2.01. The van der Waals surface area contributed by atoms with Gasteiger partial charge in [-0.15, -0.1) is 0 Å². The Kier molecular flexibility index (Phi) is 4.39. The molecular formula is C10H17NOS. The largest absolute Gasteiger partial charge is 0.465 e. The van der Waals surface area contributed by atoms with Crippen molar-refractivity contribution < 1.29 is 4.42 Å². The van der Waals surface area contributed by atoms with Crippen LogP contribution in [0.25, 0.3) is 0 Å². The first-order valence-electron chi connectivity index (χ1n) is 4.63. The molecule has 0 bridgehead atoms. The average molecular weight is 199 g/mol. The SMILES string of the molecule is CCc1ccc(CSC[C@@H](C)N)o1. The van der Waals surface area contributed by atoms with Crippen molar-refractivity contribution in [2.24, 2.45) is 5.73 Å². The Labute approximate surface area is 83.9 Å². The summed E-state index contributed by atoms with van der Waals surface area (Å²) in [6, 6.07) is 4.36. The molecule has 1 heterocycles. The van der Waals surface area contributed by atoms with Crippen molar-refractivity contribution in [2.45, 2.75) is 32.1 Å². The summed E-state index contributed by atoms with van der Waals surface area (Å²) in [5.41, 5.74) is 5.64. The number of hydrogen-bond donors (Lipinski definition) is 1. The molecule has 0 radical (unpaired) electrons. The highest BCUT2D eigenvalue weighted by Crippen LogP contribution is 2.15. The van der Waals surface area contributed by atoms with E-state index in [0.717, 1.165) is 29.4 Å². The van der Waals surface area contributed by atoms with Crippen LogP contribution in [0.4, 0.5) is 0 Å². The van der Waals surface area contributed by atoms with Gasteiger partial charge in [0.05, 0.1) is 5.75 Å². The Hall–Kier alpha value is -0.410. The van der Waals surface area contributed by atoms with Crippen LogP contribution in [0.2, 0.25) is 0 Å². The molecule has 1 aromatic rings. The normalized spacial score (nSPS) is 13.2. The third kappa shape index (κ3) is 3.87. The maximum atomic E-state index is 5.64. The van der Waals surface area contributed by atoms with Crippen LogP contribution in [0.1, 0.15) is 25.4 Å². The Morgan fingerprint density at radius 1 is 1.46 bits per heavy atom. The van der Waals surface area contributed by atoms with Gasteiger partial charge in [-0.25, -0.2) is 0 Å². The number of rotatable bonds is 5. The number of aryl methyl sites for hydroxylation is 1. The van der Waals surface area contributed by atoms with Crippen LogP contribution in [-0.4, -0.2) is 11.8 Å². The number of furan rings is 1. The van der Waals surface area contributed by atoms with Gasteiger partial charge in [-0.3, -0.25) is 0 Å². The lowest BCUT2D eigenvalue weighted by Gasteiger charge is -2.02. The lowest BCUT2D eigenvalue weighted by molar-refractivity contribution is 0.485. The topological polar surface area (TPSA) is 39.2 Å². The summed E-state index contributed by atoms with van der Waals surface area (Å²) >= 11 is 1.82. The molecule has 1 aromatic heterocycles. The predicted molar refractivity (Wildman–Crippen MR) is 57.9 cm³/mol. The minimum absolute atomic E-state index is 0.269. The summed E-state index contributed by atoms with van der Waals surface area (Å²) in [7, 11) is 0. The van der Waals surface area contributed by atoms with Crippen LogP contribution in [0.15, 0.2) is 16.5 Å². The molecule has 1 atom stereocenters. The van der Waals surface area contributed by atoms with Crippen molar-refractivity contribution >= 4 is 11.8 Å². The molecule has 74 valence electrons. The van der Waals surface area contributed by atoms with E-state index in [-0.39, 0.29) is 6.04 Å². The highest BCUT2D eigenvalue weighted by molar-refractivity contribution is 7.98. The number of nitrogens with two attached hydrogens (primary N) is 1. The molecule has 0 aliphatic rings. The molecule has 2 nitrogen and oxygen atoms in total. The summed E-state index contributed by atoms with van der Waals surface area (Å²) in [6.07, 6.45) is 0.970. The highest BCUT2D eigenvalue weighted by atomic mass is 32.2. The molecule has 0 saturated carbocycles. The molecule has 0 aliphatic carbocycles. The lowest BCUT2D eigenvalue weighted by Crippen LogP contribution is -2.17. The van der Waals surface area contributed by atoms with Crippen molar-refractivity contribution in [3.05, 3.63) is 23.7 Å². The summed E-state index contributed by atoms with van der Waals surface area (Å²) < 4.78 is 5.55. The van der Waals surface area contributed by atoms with Gasteiger partial charge < -0.3 is 10.2 Å². The fraction of sp³-hybridized carbons (Fsp3) is 0.600. The van der Waals surface area contributed by atoms with Gasteiger partial charge in [0, 0.05) is 18.2 Å². The molecule has 0 saturated heterocycles. The second-order valence-electron chi connectivity index (χ2n) is 3.21. The minimum atomic E-state index is 0.269. The van der Waals surface area contributed by atoms with Crippen molar-refractivity contribution in [3.63, 3.8) is 0 Å². The lowest BCUT2D eigenvalue weighted by atomic mass is 10.4. The van der Waals surface area contributed by atoms with Gasteiger partial charge in [-0.05, 0) is 19.1 Å². The standard InChI is InChI=1S/C10H17NOS/c1-3-9-4-5-10(12-9)7-13-6-8(2)11/h4-5,8H,3,6-7,11H2,1-2H3/t8-/m1/s1. The van der Waals surface area contributed by atoms with Gasteiger partial charge >= 0.3 is 0 Å². The second-order valence-corrected chi connectivity index (χ2v) is 4.24. The minimum Gasteiger partial charge on any atom is -0.465 e. The quantitative estimate of drug-likeness (QED) is 0.791. The van der Waals surface area contributed by atoms with E-state index < -0.39 is 0 Å². The van der Waals surface area contributed by atoms with Gasteiger partial charge in [0.15, 0.2) is 0 Å². The monoisotopic (exact) mass is 199 g/mol. The van der Waals surface area contributed by atoms with Crippen molar-refractivity contribution in [1.82, 2.24) is 0 Å². The van der Waals surface area contributed by atoms with Crippen molar-refractivity contribution in [1.29, 1.82) is 0 Å². The van der Waals surface area contributed by atoms with Crippen LogP contribution >= 0.6 is 11.8 Å². The average Bonchev–Trinajstić information content (AvgIpc) is 2.52. The third-order valence-electron chi connectivity index (χ3n) is 1.69. The van der Waals surface area contributed by atoms with Gasteiger partial charge in [0.1, 0.15) is 11.5 Å². The van der Waals surface area contributed by atoms with Crippen LogP contribution in [0.3, 0.4) is 0 Å². The molecule has 0 fully saturated rings. The molecule has 0 aliphatic heterocycles. The van der Waals surface area contributed by atoms with E-state index >= 15 is 0 Å². The van der Waals surface area contributed by atoms with Crippen LogP contribution in [0.5, 0.6) is 0 Å². The van der Waals surface area contributed by atoms with Gasteiger partial charge in [-0.1, -0.05) is 6.92 Å². The molecule has 0 amide bonds. The number of thioether (sulfide) groups is 1. The van der Waals surface area contributed by atoms with E-state index in [1.807, 2.05) is 30.8 Å². The van der Waals surface area contributed by atoms with E-state index in [4.69, 9.17) is 10.2 Å². The zero-order valence-electron chi connectivity index (χ0n) is 8.25. The smallest absolute Gasteiger partial charge is 0.114 e. The van der Waals surface area contributed by atoms with Crippen molar-refractivity contribution in [3.8, 4) is 0 Å². The fourth-order valence-corrected chi connectivity index (χ4v) is 1.88. The summed E-state index contributed by atoms with van der Waals surface area (Å²) in [4.78, 5) is 0. The summed E-state index contributed by atoms with van der Waals surface area (Å²) in [6.45, 7) is 4.12. The van der Waals surface area contributed by atoms with E-state index in [1.54, 1.807) is 0 Å². The first-order chi connectivity index (χ1) is 6.22. The maximum absolute atomic E-state index is 5.64. The zero-order chi connectivity index (χ0) is 9.68. The van der Waals surface area contributed by atoms with E-state index in [9.17, 15) is 0 Å². The first-order valence-corrected chi connectivity index (χ1v) is 5.78. The maximum Gasteiger partial charge on any atom is 0.114 e. The van der Waals surface area contributed by atoms with Gasteiger partial charge in [0.2, 0.25) is 0 Å². The molecule has 0 unspecified atom stereocenters. The molecular weight excluding hydrogens is 182 g/mol. The molecule has 0 aromatic carbocycles. The molecule has 0 spiro atoms. The molecule has 13 heavy (non-hydrogen) atoms. The van der Waals surface area contributed by atoms with E-state index in [0.29, 0.717) is 0 Å². The van der Waals surface area contributed by atoms with E-state index in [2.05, 4.69) is 6.92 Å². The third-order valence-corrected chi connectivity index (χ3v) is 2.94. The van der Waals surface area contributed by atoms with Gasteiger partial charge in [-0.2, -0.15) is 11.8 Å². The Morgan fingerprint density at radius 3 is 2.69 bits per heavy atom. The van der Waals surface area contributed by atoms with Crippen LogP contribution in [0, 0.1) is 0 Å². The van der Waals surface area contributed by atoms with Gasteiger partial charge in [0.25, 0.3) is 0 Å². The molecule has 1 rings (SSSR count). The Balaban J connectivity index is 2.28. The zero-order valence-corrected chi connectivity index (χ0v) is 9.06. The summed E-state index contributed by atoms with van der Waals surface area (Å²) in [5, 5.41) is 0. The Bertz CT molecular complexity index is 245. The van der Waals surface area contributed by atoms with Crippen LogP contribution < -0.4 is 5.73 Å². The van der Waals surface area contributed by atoms with E-state index in [1.165, 1.54) is 0 Å². The molecule has 3 heteroatoms. The predicted octanol–water partition coefficient (Wildman–Crippen LogP) is 2.42. The fourth-order valence-electron chi connectivity index (χ4n) is 1.04.